The second kappa shape index (κ2) is 11.2. The Morgan fingerprint density at radius 1 is 1.00 bits per heavy atom. The van der Waals surface area contributed by atoms with Gasteiger partial charge in [0.05, 0.1) is 11.9 Å². The Balaban J connectivity index is 1.64. The van der Waals surface area contributed by atoms with Crippen LogP contribution in [0.15, 0.2) is 82.1 Å². The number of ketones is 2. The highest BCUT2D eigenvalue weighted by Gasteiger charge is 2.54. The zero-order valence-electron chi connectivity index (χ0n) is 25.2. The predicted octanol–water partition coefficient (Wildman–Crippen LogP) is 5.03. The molecule has 0 bridgehead atoms. The lowest BCUT2D eigenvalue weighted by atomic mass is 9.65. The number of carbonyl (C=O) groups is 2. The van der Waals surface area contributed by atoms with E-state index in [1.54, 1.807) is 24.3 Å². The first kappa shape index (κ1) is 31.6. The summed E-state index contributed by atoms with van der Waals surface area (Å²) >= 11 is 0. The Hall–Kier alpha value is -3.87. The number of nitrogens with zero attached hydrogens (tertiary/aromatic N) is 1. The summed E-state index contributed by atoms with van der Waals surface area (Å²) in [6.07, 6.45) is 1.93. The van der Waals surface area contributed by atoms with E-state index < -0.39 is 43.1 Å². The summed E-state index contributed by atoms with van der Waals surface area (Å²) in [5.74, 6) is -2.86. The molecule has 44 heavy (non-hydrogen) atoms. The van der Waals surface area contributed by atoms with Gasteiger partial charge in [0.15, 0.2) is 11.6 Å². The van der Waals surface area contributed by atoms with E-state index in [-0.39, 0.29) is 33.6 Å². The molecule has 1 heterocycles. The number of benzene rings is 3. The summed E-state index contributed by atoms with van der Waals surface area (Å²) in [4.78, 5) is 28.6. The van der Waals surface area contributed by atoms with E-state index in [2.05, 4.69) is 40.5 Å². The van der Waals surface area contributed by atoms with Crippen LogP contribution in [0.25, 0.3) is 0 Å². The number of Topliss-reactive ketones (excluding diaryl/α,β-unsaturated/α-hetero) is 2. The second-order valence-electron chi connectivity index (χ2n) is 12.6. The molecule has 3 aromatic carbocycles. The minimum Gasteiger partial charge on any atom is -0.341 e. The van der Waals surface area contributed by atoms with Crippen molar-refractivity contribution in [2.24, 2.45) is 15.7 Å². The Morgan fingerprint density at radius 2 is 1.66 bits per heavy atom. The molecule has 0 spiro atoms. The van der Waals surface area contributed by atoms with Gasteiger partial charge in [0.25, 0.3) is 10.0 Å². The molecule has 0 saturated carbocycles. The number of fused-ring (bicyclic) bond motifs is 2. The quantitative estimate of drug-likeness (QED) is 0.292. The van der Waals surface area contributed by atoms with Crippen LogP contribution >= 0.6 is 0 Å². The Bertz CT molecular complexity index is 1880. The smallest absolute Gasteiger partial charge is 0.286 e. The Labute approximate surface area is 258 Å². The Kier molecular flexibility index (Phi) is 8.06. The number of sulfonamides is 2. The van der Waals surface area contributed by atoms with E-state index in [0.29, 0.717) is 24.0 Å². The van der Waals surface area contributed by atoms with Gasteiger partial charge < -0.3 is 5.32 Å². The summed E-state index contributed by atoms with van der Waals surface area (Å²) in [5, 5.41) is 6.51. The third-order valence-electron chi connectivity index (χ3n) is 7.93. The number of hydrogen-bond donors (Lipinski definition) is 3. The molecule has 3 N–H and O–H groups in total. The van der Waals surface area contributed by atoms with E-state index in [4.69, 9.17) is 0 Å². The summed E-state index contributed by atoms with van der Waals surface area (Å²) < 4.78 is 56.5. The monoisotopic (exact) mass is 636 g/mol. The van der Waals surface area contributed by atoms with Crippen molar-refractivity contribution >= 4 is 48.8 Å². The zero-order chi connectivity index (χ0) is 32.1. The van der Waals surface area contributed by atoms with Gasteiger partial charge >= 0.3 is 0 Å². The Morgan fingerprint density at radius 3 is 2.32 bits per heavy atom. The lowest BCUT2D eigenvalue weighted by molar-refractivity contribution is -0.128. The van der Waals surface area contributed by atoms with Gasteiger partial charge in [0.1, 0.15) is 22.2 Å². The van der Waals surface area contributed by atoms with Crippen molar-refractivity contribution in [1.29, 1.82) is 0 Å². The topological polar surface area (TPSA) is 151 Å². The minimum atomic E-state index is -4.42. The lowest BCUT2D eigenvalue weighted by Crippen LogP contribution is -2.60. The molecule has 3 unspecified atom stereocenters. The summed E-state index contributed by atoms with van der Waals surface area (Å²) in [7, 11) is -8.08. The molecule has 232 valence electrons. The fraction of sp³-hybridized carbons (Fsp3) is 0.344. The number of anilines is 2. The molecular weight excluding hydrogens is 601 g/mol. The highest BCUT2D eigenvalue weighted by molar-refractivity contribution is 7.92. The molecule has 2 aliphatic rings. The molecule has 0 fully saturated rings. The normalized spacial score (nSPS) is 21.8. The molecule has 0 amide bonds. The van der Waals surface area contributed by atoms with Gasteiger partial charge in [-0.1, -0.05) is 75.4 Å². The standard InChI is InChI=1S/C32H36N4O6S2/c1-20(21-11-7-6-8-12-21)34-32(18-17-31(2,3)4)24-14-10-9-13-23(24)28(37)27(29(32)38)30-33-25-16-15-22(35-43(5,39)40)19-26(25)44(41,42)36-30/h6-16,19-20,27,34-35H,17-18H2,1-5H3,(H,33,36). The molecular formula is C32H36N4O6S2. The summed E-state index contributed by atoms with van der Waals surface area (Å²) in [6, 6.07) is 20.2. The molecule has 1 aliphatic carbocycles. The molecule has 10 nitrogen and oxygen atoms in total. The average Bonchev–Trinajstić information content (AvgIpc) is 2.94. The highest BCUT2D eigenvalue weighted by atomic mass is 32.2. The van der Waals surface area contributed by atoms with E-state index in [9.17, 15) is 26.4 Å². The fourth-order valence-electron chi connectivity index (χ4n) is 5.79. The molecule has 3 aromatic rings. The van der Waals surface area contributed by atoms with Crippen molar-refractivity contribution in [3.63, 3.8) is 0 Å². The lowest BCUT2D eigenvalue weighted by Gasteiger charge is -2.44. The number of carbonyl (C=O) groups excluding carboxylic acids is 2. The highest BCUT2D eigenvalue weighted by Crippen LogP contribution is 2.44. The van der Waals surface area contributed by atoms with Crippen LogP contribution in [0, 0.1) is 11.3 Å². The third-order valence-corrected chi connectivity index (χ3v) is 9.86. The first-order chi connectivity index (χ1) is 20.5. The van der Waals surface area contributed by atoms with Crippen LogP contribution in [0.5, 0.6) is 0 Å². The van der Waals surface area contributed by atoms with Crippen molar-refractivity contribution in [2.45, 2.75) is 57.0 Å². The van der Waals surface area contributed by atoms with E-state index >= 15 is 0 Å². The van der Waals surface area contributed by atoms with Crippen molar-refractivity contribution in [3.05, 3.63) is 89.5 Å². The number of hydrogen-bond acceptors (Lipinski definition) is 8. The van der Waals surface area contributed by atoms with Gasteiger partial charge in [0.2, 0.25) is 10.0 Å². The SMILES string of the molecule is CC(NC1(CCC(C)(C)C)C(=O)C(C2=NS(=O)(=O)c3cc(NS(C)(=O)=O)ccc3N2)C(=O)c2ccccc21)c1ccccc1. The molecule has 3 atom stereocenters. The second-order valence-corrected chi connectivity index (χ2v) is 15.9. The first-order valence-electron chi connectivity index (χ1n) is 14.3. The minimum absolute atomic E-state index is 0.0364. The van der Waals surface area contributed by atoms with Crippen LogP contribution in [0.2, 0.25) is 0 Å². The summed E-state index contributed by atoms with van der Waals surface area (Å²) in [6.45, 7) is 8.18. The number of rotatable bonds is 8. The van der Waals surface area contributed by atoms with Crippen LogP contribution in [-0.4, -0.2) is 40.5 Å². The maximum absolute atomic E-state index is 14.9. The molecule has 5 rings (SSSR count). The fourth-order valence-corrected chi connectivity index (χ4v) is 7.53. The average molecular weight is 637 g/mol. The van der Waals surface area contributed by atoms with Crippen LogP contribution < -0.4 is 15.4 Å². The van der Waals surface area contributed by atoms with E-state index in [1.807, 2.05) is 37.3 Å². The van der Waals surface area contributed by atoms with Gasteiger partial charge in [-0.3, -0.25) is 19.6 Å². The van der Waals surface area contributed by atoms with Crippen LogP contribution in [0.3, 0.4) is 0 Å². The van der Waals surface area contributed by atoms with Gasteiger partial charge in [-0.2, -0.15) is 8.42 Å². The van der Waals surface area contributed by atoms with Gasteiger partial charge in [-0.15, -0.1) is 4.40 Å². The number of amidine groups is 1. The van der Waals surface area contributed by atoms with Gasteiger partial charge in [-0.05, 0) is 54.5 Å². The molecule has 0 aromatic heterocycles. The maximum Gasteiger partial charge on any atom is 0.286 e. The first-order valence-corrected chi connectivity index (χ1v) is 17.6. The van der Waals surface area contributed by atoms with Crippen molar-refractivity contribution in [3.8, 4) is 0 Å². The van der Waals surface area contributed by atoms with Crippen LogP contribution in [-0.2, 0) is 30.4 Å². The summed E-state index contributed by atoms with van der Waals surface area (Å²) in [5.41, 5.74) is 0.443. The molecule has 0 saturated heterocycles. The molecule has 1 aliphatic heterocycles. The predicted molar refractivity (Wildman–Crippen MR) is 171 cm³/mol. The zero-order valence-corrected chi connectivity index (χ0v) is 26.8. The molecule has 0 radical (unpaired) electrons. The van der Waals surface area contributed by atoms with Crippen molar-refractivity contribution in [2.75, 3.05) is 16.3 Å². The largest absolute Gasteiger partial charge is 0.341 e. The van der Waals surface area contributed by atoms with Crippen molar-refractivity contribution in [1.82, 2.24) is 5.32 Å². The van der Waals surface area contributed by atoms with Gasteiger partial charge in [-0.25, -0.2) is 8.42 Å². The van der Waals surface area contributed by atoms with E-state index in [1.165, 1.54) is 12.1 Å². The van der Waals surface area contributed by atoms with Gasteiger partial charge in [0, 0.05) is 17.3 Å². The van der Waals surface area contributed by atoms with Crippen LogP contribution in [0.4, 0.5) is 11.4 Å². The maximum atomic E-state index is 14.9. The van der Waals surface area contributed by atoms with Crippen LogP contribution in [0.1, 0.15) is 68.1 Å². The van der Waals surface area contributed by atoms with E-state index in [0.717, 1.165) is 17.9 Å². The van der Waals surface area contributed by atoms with Crippen molar-refractivity contribution < 1.29 is 26.4 Å². The molecule has 12 heteroatoms. The third kappa shape index (κ3) is 6.19. The number of nitrogens with one attached hydrogen (secondary N) is 3.